The van der Waals surface area contributed by atoms with E-state index in [1.807, 2.05) is 30.3 Å². The molecule has 96 valence electrons. The Kier molecular flexibility index (Phi) is 3.01. The van der Waals surface area contributed by atoms with Crippen LogP contribution in [0.15, 0.2) is 42.7 Å². The number of aromatic nitrogens is 3. The lowest BCUT2D eigenvalue weighted by Crippen LogP contribution is -2.00. The van der Waals surface area contributed by atoms with Gasteiger partial charge in [-0.15, -0.1) is 0 Å². The topological polar surface area (TPSA) is 50.9 Å². The Morgan fingerprint density at radius 3 is 2.63 bits per heavy atom. The largest absolute Gasteiger partial charge is 0.392 e. The highest BCUT2D eigenvalue weighted by Crippen LogP contribution is 2.21. The molecule has 0 spiro atoms. The van der Waals surface area contributed by atoms with Gasteiger partial charge in [0.1, 0.15) is 11.3 Å². The normalized spacial score (nSPS) is 11.1. The van der Waals surface area contributed by atoms with E-state index in [9.17, 15) is 0 Å². The van der Waals surface area contributed by atoms with Crippen LogP contribution in [0.4, 0.5) is 0 Å². The van der Waals surface area contributed by atoms with Gasteiger partial charge in [-0.05, 0) is 23.8 Å². The highest BCUT2D eigenvalue weighted by molar-refractivity contribution is 5.77. The molecule has 1 N–H and O–H groups in total. The van der Waals surface area contributed by atoms with Crippen molar-refractivity contribution < 1.29 is 5.11 Å². The third-order valence-electron chi connectivity index (χ3n) is 3.22. The molecule has 19 heavy (non-hydrogen) atoms. The van der Waals surface area contributed by atoms with Crippen LogP contribution < -0.4 is 0 Å². The SMILES string of the molecule is CCc1nc2cnccc2n1-c1ccc(CO)cc1. The van der Waals surface area contributed by atoms with Gasteiger partial charge in [0.15, 0.2) is 0 Å². The molecule has 0 saturated carbocycles. The van der Waals surface area contributed by atoms with Crippen LogP contribution in [-0.2, 0) is 13.0 Å². The van der Waals surface area contributed by atoms with E-state index in [4.69, 9.17) is 5.11 Å². The van der Waals surface area contributed by atoms with Gasteiger partial charge in [-0.3, -0.25) is 9.55 Å². The molecule has 0 amide bonds. The third-order valence-corrected chi connectivity index (χ3v) is 3.22. The van der Waals surface area contributed by atoms with E-state index in [2.05, 4.69) is 21.5 Å². The van der Waals surface area contributed by atoms with Crippen molar-refractivity contribution in [1.82, 2.24) is 14.5 Å². The van der Waals surface area contributed by atoms with E-state index in [1.54, 1.807) is 12.4 Å². The Labute approximate surface area is 111 Å². The molecule has 0 radical (unpaired) electrons. The summed E-state index contributed by atoms with van der Waals surface area (Å²) in [6.07, 6.45) is 4.42. The van der Waals surface area contributed by atoms with E-state index in [0.29, 0.717) is 0 Å². The van der Waals surface area contributed by atoms with Crippen molar-refractivity contribution in [3.63, 3.8) is 0 Å². The van der Waals surface area contributed by atoms with Crippen LogP contribution in [0.5, 0.6) is 0 Å². The summed E-state index contributed by atoms with van der Waals surface area (Å²) in [5.41, 5.74) is 3.94. The molecule has 4 heteroatoms. The molecule has 3 rings (SSSR count). The number of fused-ring (bicyclic) bond motifs is 1. The van der Waals surface area contributed by atoms with Crippen LogP contribution >= 0.6 is 0 Å². The monoisotopic (exact) mass is 253 g/mol. The highest BCUT2D eigenvalue weighted by atomic mass is 16.3. The van der Waals surface area contributed by atoms with Crippen LogP contribution in [0.25, 0.3) is 16.7 Å². The zero-order chi connectivity index (χ0) is 13.2. The number of aliphatic hydroxyl groups is 1. The van der Waals surface area contributed by atoms with Crippen molar-refractivity contribution in [2.75, 3.05) is 0 Å². The molecule has 0 aliphatic heterocycles. The van der Waals surface area contributed by atoms with Crippen LogP contribution in [0.3, 0.4) is 0 Å². The van der Waals surface area contributed by atoms with E-state index in [1.165, 1.54) is 0 Å². The highest BCUT2D eigenvalue weighted by Gasteiger charge is 2.10. The van der Waals surface area contributed by atoms with Gasteiger partial charge in [0.05, 0.1) is 18.3 Å². The Morgan fingerprint density at radius 2 is 1.95 bits per heavy atom. The number of imidazole rings is 1. The van der Waals surface area contributed by atoms with Crippen molar-refractivity contribution in [2.45, 2.75) is 20.0 Å². The van der Waals surface area contributed by atoms with Crippen molar-refractivity contribution in [3.8, 4) is 5.69 Å². The van der Waals surface area contributed by atoms with Gasteiger partial charge in [0, 0.05) is 18.3 Å². The van der Waals surface area contributed by atoms with E-state index < -0.39 is 0 Å². The fraction of sp³-hybridized carbons (Fsp3) is 0.200. The molecule has 2 heterocycles. The van der Waals surface area contributed by atoms with E-state index >= 15 is 0 Å². The van der Waals surface area contributed by atoms with Crippen LogP contribution in [0.1, 0.15) is 18.3 Å². The first kappa shape index (κ1) is 11.9. The number of aryl methyl sites for hydroxylation is 1. The minimum atomic E-state index is 0.0650. The van der Waals surface area contributed by atoms with Gasteiger partial charge in [-0.2, -0.15) is 0 Å². The predicted octanol–water partition coefficient (Wildman–Crippen LogP) is 2.48. The molecular formula is C15H15N3O. The van der Waals surface area contributed by atoms with Crippen LogP contribution in [0.2, 0.25) is 0 Å². The number of nitrogens with zero attached hydrogens (tertiary/aromatic N) is 3. The number of pyridine rings is 1. The van der Waals surface area contributed by atoms with Crippen molar-refractivity contribution in [1.29, 1.82) is 0 Å². The maximum Gasteiger partial charge on any atom is 0.114 e. The standard InChI is InChI=1S/C15H15N3O/c1-2-15-17-13-9-16-8-7-14(13)18(15)12-5-3-11(10-19)4-6-12/h3-9,19H,2,10H2,1H3. The molecule has 0 fully saturated rings. The first-order valence-corrected chi connectivity index (χ1v) is 6.35. The molecule has 3 aromatic rings. The summed E-state index contributed by atoms with van der Waals surface area (Å²) in [4.78, 5) is 8.71. The third kappa shape index (κ3) is 2.00. The molecule has 0 saturated heterocycles. The van der Waals surface area contributed by atoms with Crippen molar-refractivity contribution in [2.24, 2.45) is 0 Å². The van der Waals surface area contributed by atoms with Gasteiger partial charge in [0.25, 0.3) is 0 Å². The molecule has 0 atom stereocenters. The molecule has 0 unspecified atom stereocenters. The fourth-order valence-corrected chi connectivity index (χ4v) is 2.26. The zero-order valence-corrected chi connectivity index (χ0v) is 10.7. The molecule has 0 aliphatic rings. The summed E-state index contributed by atoms with van der Waals surface area (Å²) in [7, 11) is 0. The average Bonchev–Trinajstić information content (AvgIpc) is 2.86. The lowest BCUT2D eigenvalue weighted by molar-refractivity contribution is 0.282. The molecule has 2 aromatic heterocycles. The van der Waals surface area contributed by atoms with Crippen LogP contribution in [0, 0.1) is 0 Å². The van der Waals surface area contributed by atoms with Gasteiger partial charge < -0.3 is 5.11 Å². The van der Waals surface area contributed by atoms with Crippen LogP contribution in [-0.4, -0.2) is 19.6 Å². The van der Waals surface area contributed by atoms with Gasteiger partial charge in [-0.25, -0.2) is 4.98 Å². The molecule has 4 nitrogen and oxygen atoms in total. The minimum Gasteiger partial charge on any atom is -0.392 e. The smallest absolute Gasteiger partial charge is 0.114 e. The molecular weight excluding hydrogens is 238 g/mol. The van der Waals surface area contributed by atoms with Crippen molar-refractivity contribution >= 4 is 11.0 Å². The first-order valence-electron chi connectivity index (χ1n) is 6.35. The lowest BCUT2D eigenvalue weighted by atomic mass is 10.2. The summed E-state index contributed by atoms with van der Waals surface area (Å²) in [5, 5.41) is 9.10. The Balaban J connectivity index is 2.21. The Morgan fingerprint density at radius 1 is 1.16 bits per heavy atom. The second-order valence-corrected chi connectivity index (χ2v) is 4.41. The number of aliphatic hydroxyl groups excluding tert-OH is 1. The summed E-state index contributed by atoms with van der Waals surface area (Å²) < 4.78 is 2.14. The summed E-state index contributed by atoms with van der Waals surface area (Å²) in [6, 6.07) is 9.85. The number of rotatable bonds is 3. The van der Waals surface area contributed by atoms with E-state index in [-0.39, 0.29) is 6.61 Å². The fourth-order valence-electron chi connectivity index (χ4n) is 2.26. The van der Waals surface area contributed by atoms with Gasteiger partial charge in [0.2, 0.25) is 0 Å². The van der Waals surface area contributed by atoms with Gasteiger partial charge in [-0.1, -0.05) is 19.1 Å². The van der Waals surface area contributed by atoms with E-state index in [0.717, 1.165) is 34.5 Å². The average molecular weight is 253 g/mol. The molecule has 0 aliphatic carbocycles. The van der Waals surface area contributed by atoms with Crippen molar-refractivity contribution in [3.05, 3.63) is 54.1 Å². The zero-order valence-electron chi connectivity index (χ0n) is 10.7. The lowest BCUT2D eigenvalue weighted by Gasteiger charge is -2.08. The minimum absolute atomic E-state index is 0.0650. The quantitative estimate of drug-likeness (QED) is 0.780. The number of hydrogen-bond donors (Lipinski definition) is 1. The first-order chi connectivity index (χ1) is 9.33. The summed E-state index contributed by atoms with van der Waals surface area (Å²) in [6.45, 7) is 2.16. The maximum atomic E-state index is 9.10. The Hall–Kier alpha value is -2.20. The second kappa shape index (κ2) is 4.82. The van der Waals surface area contributed by atoms with Gasteiger partial charge >= 0.3 is 0 Å². The maximum absolute atomic E-state index is 9.10. The summed E-state index contributed by atoms with van der Waals surface area (Å²) in [5.74, 6) is 1.01. The molecule has 1 aromatic carbocycles. The predicted molar refractivity (Wildman–Crippen MR) is 74.2 cm³/mol. The number of benzene rings is 1. The summed E-state index contributed by atoms with van der Waals surface area (Å²) >= 11 is 0. The second-order valence-electron chi connectivity index (χ2n) is 4.41. The number of hydrogen-bond acceptors (Lipinski definition) is 3. The Bertz CT molecular complexity index is 701. The molecule has 0 bridgehead atoms.